The minimum atomic E-state index is -3.46. The zero-order valence-corrected chi connectivity index (χ0v) is 14.4. The van der Waals surface area contributed by atoms with E-state index in [1.807, 2.05) is 30.3 Å². The SMILES string of the molecule is O=c1[nH]c(CP(=O)(O)CCc2ccccc2)nc2cc(Cl)ccc12. The van der Waals surface area contributed by atoms with Crippen LogP contribution in [0.4, 0.5) is 0 Å². The lowest BCUT2D eigenvalue weighted by atomic mass is 10.2. The average Bonchev–Trinajstić information content (AvgIpc) is 2.53. The van der Waals surface area contributed by atoms with Crippen molar-refractivity contribution < 1.29 is 9.46 Å². The van der Waals surface area contributed by atoms with Gasteiger partial charge in [-0.15, -0.1) is 0 Å². The summed E-state index contributed by atoms with van der Waals surface area (Å²) in [6, 6.07) is 14.3. The van der Waals surface area contributed by atoms with Crippen LogP contribution < -0.4 is 5.56 Å². The summed E-state index contributed by atoms with van der Waals surface area (Å²) < 4.78 is 12.4. The van der Waals surface area contributed by atoms with Gasteiger partial charge in [-0.05, 0) is 30.2 Å². The molecule has 0 spiro atoms. The molecule has 0 saturated carbocycles. The zero-order chi connectivity index (χ0) is 17.2. The van der Waals surface area contributed by atoms with Gasteiger partial charge >= 0.3 is 0 Å². The van der Waals surface area contributed by atoms with Gasteiger partial charge in [0.15, 0.2) is 0 Å². The molecule has 1 unspecified atom stereocenters. The molecular weight excluding hydrogens is 347 g/mol. The van der Waals surface area contributed by atoms with Crippen LogP contribution in [0.2, 0.25) is 5.02 Å². The molecule has 0 aliphatic carbocycles. The van der Waals surface area contributed by atoms with E-state index in [1.165, 1.54) is 0 Å². The Hall–Kier alpha value is -1.94. The molecule has 0 saturated heterocycles. The van der Waals surface area contributed by atoms with Gasteiger partial charge in [-0.3, -0.25) is 9.36 Å². The fourth-order valence-electron chi connectivity index (χ4n) is 2.50. The second-order valence-corrected chi connectivity index (χ2v) is 8.53. The van der Waals surface area contributed by atoms with Crippen LogP contribution in [0, 0.1) is 0 Å². The minimum Gasteiger partial charge on any atom is -0.344 e. The van der Waals surface area contributed by atoms with Crippen molar-refractivity contribution in [1.29, 1.82) is 0 Å². The minimum absolute atomic E-state index is 0.133. The molecule has 7 heteroatoms. The van der Waals surface area contributed by atoms with Gasteiger partial charge in [0.05, 0.1) is 17.1 Å². The normalized spacial score (nSPS) is 13.8. The standard InChI is InChI=1S/C17H16ClN2O3P/c18-13-6-7-14-15(10-13)19-16(20-17(14)21)11-24(22,23)9-8-12-4-2-1-3-5-12/h1-7,10H,8-9,11H2,(H,22,23)(H,19,20,21). The van der Waals surface area contributed by atoms with Gasteiger partial charge in [-0.1, -0.05) is 41.9 Å². The Morgan fingerprint density at radius 1 is 1.17 bits per heavy atom. The zero-order valence-electron chi connectivity index (χ0n) is 12.8. The molecule has 0 amide bonds. The molecule has 5 nitrogen and oxygen atoms in total. The van der Waals surface area contributed by atoms with Gasteiger partial charge < -0.3 is 9.88 Å². The number of aryl methyl sites for hydroxylation is 1. The maximum absolute atomic E-state index is 12.4. The van der Waals surface area contributed by atoms with Crippen molar-refractivity contribution in [3.63, 3.8) is 0 Å². The van der Waals surface area contributed by atoms with Crippen LogP contribution in [0.1, 0.15) is 11.4 Å². The first-order chi connectivity index (χ1) is 11.4. The van der Waals surface area contributed by atoms with E-state index in [1.54, 1.807) is 18.2 Å². The summed E-state index contributed by atoms with van der Waals surface area (Å²) in [6.45, 7) is 0. The molecule has 3 rings (SSSR count). The Labute approximate surface area is 143 Å². The quantitative estimate of drug-likeness (QED) is 0.679. The van der Waals surface area contributed by atoms with Crippen LogP contribution >= 0.6 is 19.0 Å². The fourth-order valence-corrected chi connectivity index (χ4v) is 4.05. The number of hydrogen-bond acceptors (Lipinski definition) is 3. The number of aromatic amines is 1. The Bertz CT molecular complexity index is 972. The number of nitrogens with one attached hydrogen (secondary N) is 1. The number of benzene rings is 2. The molecule has 2 N–H and O–H groups in total. The van der Waals surface area contributed by atoms with Gasteiger partial charge in [0.2, 0.25) is 7.37 Å². The molecule has 0 radical (unpaired) electrons. The van der Waals surface area contributed by atoms with Crippen LogP contribution in [0.25, 0.3) is 10.9 Å². The molecule has 0 aliphatic rings. The summed E-state index contributed by atoms with van der Waals surface area (Å²) in [5, 5.41) is 0.864. The Morgan fingerprint density at radius 3 is 2.67 bits per heavy atom. The van der Waals surface area contributed by atoms with Crippen molar-refractivity contribution in [2.24, 2.45) is 0 Å². The third-order valence-electron chi connectivity index (χ3n) is 3.71. The van der Waals surface area contributed by atoms with Crippen molar-refractivity contribution >= 4 is 29.9 Å². The van der Waals surface area contributed by atoms with E-state index in [2.05, 4.69) is 9.97 Å². The van der Waals surface area contributed by atoms with E-state index in [0.717, 1.165) is 5.56 Å². The number of rotatable bonds is 5. The number of aromatic nitrogens is 2. The van der Waals surface area contributed by atoms with Crippen molar-refractivity contribution in [1.82, 2.24) is 9.97 Å². The third-order valence-corrected chi connectivity index (χ3v) is 5.66. The number of hydrogen-bond donors (Lipinski definition) is 2. The van der Waals surface area contributed by atoms with Crippen molar-refractivity contribution in [3.05, 3.63) is 75.3 Å². The molecule has 1 aromatic heterocycles. The van der Waals surface area contributed by atoms with Crippen molar-refractivity contribution in [2.75, 3.05) is 6.16 Å². The summed E-state index contributed by atoms with van der Waals surface area (Å²) in [4.78, 5) is 29.1. The molecule has 3 aromatic rings. The van der Waals surface area contributed by atoms with Gasteiger partial charge in [-0.25, -0.2) is 4.98 Å². The Kier molecular flexibility index (Phi) is 4.86. The predicted octanol–water partition coefficient (Wildman–Crippen LogP) is 3.59. The number of halogens is 1. The summed E-state index contributed by atoms with van der Waals surface area (Å²) in [6.07, 6.45) is 0.462. The molecular formula is C17H16ClN2O3P. The van der Waals surface area contributed by atoms with Crippen LogP contribution in [0.3, 0.4) is 0 Å². The first-order valence-electron chi connectivity index (χ1n) is 7.46. The van der Waals surface area contributed by atoms with E-state index in [4.69, 9.17) is 11.6 Å². The maximum atomic E-state index is 12.4. The fraction of sp³-hybridized carbons (Fsp3) is 0.176. The summed E-state index contributed by atoms with van der Waals surface area (Å²) in [7, 11) is -3.46. The second-order valence-electron chi connectivity index (χ2n) is 5.64. The third kappa shape index (κ3) is 4.12. The largest absolute Gasteiger partial charge is 0.344 e. The van der Waals surface area contributed by atoms with Gasteiger partial charge in [0, 0.05) is 11.2 Å². The van der Waals surface area contributed by atoms with Crippen molar-refractivity contribution in [2.45, 2.75) is 12.6 Å². The van der Waals surface area contributed by atoms with E-state index < -0.39 is 7.37 Å². The highest BCUT2D eigenvalue weighted by Crippen LogP contribution is 2.44. The van der Waals surface area contributed by atoms with Crippen molar-refractivity contribution in [3.8, 4) is 0 Å². The monoisotopic (exact) mass is 362 g/mol. The van der Waals surface area contributed by atoms with Crippen LogP contribution in [-0.2, 0) is 17.1 Å². The smallest absolute Gasteiger partial charge is 0.258 e. The predicted molar refractivity (Wildman–Crippen MR) is 95.9 cm³/mol. The Balaban J connectivity index is 1.80. The lowest BCUT2D eigenvalue weighted by Gasteiger charge is -2.11. The summed E-state index contributed by atoms with van der Waals surface area (Å²) in [5.74, 6) is 0.202. The van der Waals surface area contributed by atoms with E-state index in [9.17, 15) is 14.3 Å². The maximum Gasteiger partial charge on any atom is 0.258 e. The highest BCUT2D eigenvalue weighted by molar-refractivity contribution is 7.57. The highest BCUT2D eigenvalue weighted by Gasteiger charge is 2.21. The molecule has 1 heterocycles. The van der Waals surface area contributed by atoms with Crippen LogP contribution in [-0.4, -0.2) is 21.0 Å². The molecule has 1 atom stereocenters. The van der Waals surface area contributed by atoms with Gasteiger partial charge in [0.25, 0.3) is 5.56 Å². The van der Waals surface area contributed by atoms with Gasteiger partial charge in [0.1, 0.15) is 5.82 Å². The number of fused-ring (bicyclic) bond motifs is 1. The van der Waals surface area contributed by atoms with Crippen LogP contribution in [0.5, 0.6) is 0 Å². The van der Waals surface area contributed by atoms with E-state index in [0.29, 0.717) is 22.3 Å². The number of H-pyrrole nitrogens is 1. The summed E-state index contributed by atoms with van der Waals surface area (Å²) >= 11 is 5.92. The highest BCUT2D eigenvalue weighted by atomic mass is 35.5. The molecule has 2 aromatic carbocycles. The molecule has 0 aliphatic heterocycles. The average molecular weight is 363 g/mol. The van der Waals surface area contributed by atoms with E-state index >= 15 is 0 Å². The molecule has 24 heavy (non-hydrogen) atoms. The molecule has 0 bridgehead atoms. The molecule has 0 fully saturated rings. The lowest BCUT2D eigenvalue weighted by Crippen LogP contribution is -2.12. The topological polar surface area (TPSA) is 83.0 Å². The van der Waals surface area contributed by atoms with Gasteiger partial charge in [-0.2, -0.15) is 0 Å². The lowest BCUT2D eigenvalue weighted by molar-refractivity contribution is 0.475. The molecule has 124 valence electrons. The van der Waals surface area contributed by atoms with E-state index in [-0.39, 0.29) is 23.7 Å². The Morgan fingerprint density at radius 2 is 1.92 bits per heavy atom. The first kappa shape index (κ1) is 16.9. The summed E-state index contributed by atoms with van der Waals surface area (Å²) in [5.41, 5.74) is 1.08. The number of nitrogens with zero attached hydrogens (tertiary/aromatic N) is 1. The second kappa shape index (κ2) is 6.89. The first-order valence-corrected chi connectivity index (χ1v) is 9.87. The van der Waals surface area contributed by atoms with Crippen LogP contribution in [0.15, 0.2) is 53.3 Å².